The van der Waals surface area contributed by atoms with Gasteiger partial charge in [0.25, 0.3) is 0 Å². The first-order valence-electron chi connectivity index (χ1n) is 3.83. The maximum Gasteiger partial charge on any atom is -0.0272 e. The van der Waals surface area contributed by atoms with Crippen LogP contribution in [0, 0.1) is 11.3 Å². The average molecular weight is 110 g/mol. The molecular formula is C8H14. The Morgan fingerprint density at radius 2 is 2.00 bits per heavy atom. The van der Waals surface area contributed by atoms with Crippen molar-refractivity contribution in [3.63, 3.8) is 0 Å². The van der Waals surface area contributed by atoms with Crippen molar-refractivity contribution in [1.29, 1.82) is 0 Å². The second-order valence-corrected chi connectivity index (χ2v) is 3.66. The highest BCUT2D eigenvalue weighted by molar-refractivity contribution is 4.98. The lowest BCUT2D eigenvalue weighted by Crippen LogP contribution is -2.43. The average Bonchev–Trinajstić information content (AvgIpc) is 1.58. The molecule has 46 valence electrons. The molecule has 0 bridgehead atoms. The lowest BCUT2D eigenvalue weighted by atomic mass is 9.50. The summed E-state index contributed by atoms with van der Waals surface area (Å²) < 4.78 is 0. The summed E-state index contributed by atoms with van der Waals surface area (Å²) in [6.07, 6.45) is 7.68. The van der Waals surface area contributed by atoms with Gasteiger partial charge < -0.3 is 0 Å². The van der Waals surface area contributed by atoms with Crippen molar-refractivity contribution >= 4 is 0 Å². The van der Waals surface area contributed by atoms with Crippen LogP contribution in [0.1, 0.15) is 39.0 Å². The van der Waals surface area contributed by atoms with Crippen LogP contribution in [-0.4, -0.2) is 0 Å². The summed E-state index contributed by atoms with van der Waals surface area (Å²) in [5, 5.41) is 0. The van der Waals surface area contributed by atoms with Gasteiger partial charge in [0.05, 0.1) is 0 Å². The van der Waals surface area contributed by atoms with E-state index in [2.05, 4.69) is 6.92 Å². The third-order valence-electron chi connectivity index (χ3n) is 3.47. The van der Waals surface area contributed by atoms with E-state index in [4.69, 9.17) is 0 Å². The summed E-state index contributed by atoms with van der Waals surface area (Å²) in [4.78, 5) is 0. The highest BCUT2D eigenvalue weighted by Crippen LogP contribution is 2.59. The molecule has 0 aromatic rings. The van der Waals surface area contributed by atoms with Gasteiger partial charge >= 0.3 is 0 Å². The van der Waals surface area contributed by atoms with Crippen LogP contribution in [0.5, 0.6) is 0 Å². The van der Waals surface area contributed by atoms with Crippen molar-refractivity contribution in [2.24, 2.45) is 11.3 Å². The Bertz CT molecular complexity index is 95.1. The van der Waals surface area contributed by atoms with Gasteiger partial charge in [0.1, 0.15) is 0 Å². The van der Waals surface area contributed by atoms with Gasteiger partial charge in [-0.1, -0.05) is 13.3 Å². The van der Waals surface area contributed by atoms with E-state index in [9.17, 15) is 0 Å². The van der Waals surface area contributed by atoms with Crippen LogP contribution in [0.3, 0.4) is 0 Å². The van der Waals surface area contributed by atoms with Crippen molar-refractivity contribution < 1.29 is 0 Å². The lowest BCUT2D eigenvalue weighted by molar-refractivity contribution is -0.0377. The lowest BCUT2D eigenvalue weighted by Gasteiger charge is -2.55. The van der Waals surface area contributed by atoms with Crippen LogP contribution in [0.4, 0.5) is 0 Å². The molecule has 0 aliphatic heterocycles. The summed E-state index contributed by atoms with van der Waals surface area (Å²) >= 11 is 0. The molecule has 0 saturated heterocycles. The van der Waals surface area contributed by atoms with Crippen LogP contribution in [0.25, 0.3) is 0 Å². The third kappa shape index (κ3) is 0.375. The van der Waals surface area contributed by atoms with E-state index in [0.29, 0.717) is 0 Å². The van der Waals surface area contributed by atoms with E-state index in [0.717, 1.165) is 11.3 Å². The molecule has 1 spiro atoms. The van der Waals surface area contributed by atoms with Crippen LogP contribution in [-0.2, 0) is 0 Å². The monoisotopic (exact) mass is 110 g/mol. The zero-order chi connectivity index (χ0) is 5.61. The van der Waals surface area contributed by atoms with E-state index < -0.39 is 0 Å². The SMILES string of the molecule is CC1CCC12CCC2. The predicted octanol–water partition coefficient (Wildman–Crippen LogP) is 2.59. The molecule has 2 aliphatic rings. The standard InChI is InChI=1S/C8H14/c1-7-3-6-8(7)4-2-5-8/h7H,2-6H2,1H3. The fraction of sp³-hybridized carbons (Fsp3) is 1.00. The Morgan fingerprint density at radius 1 is 1.25 bits per heavy atom. The second kappa shape index (κ2) is 1.29. The smallest absolute Gasteiger partial charge is 0.0272 e. The molecule has 0 aromatic carbocycles. The fourth-order valence-electron chi connectivity index (χ4n) is 2.21. The number of hydrogen-bond acceptors (Lipinski definition) is 0. The minimum Gasteiger partial charge on any atom is -0.0620 e. The van der Waals surface area contributed by atoms with Crippen LogP contribution in [0.2, 0.25) is 0 Å². The van der Waals surface area contributed by atoms with Gasteiger partial charge in [0.2, 0.25) is 0 Å². The van der Waals surface area contributed by atoms with Gasteiger partial charge in [-0.15, -0.1) is 0 Å². The molecule has 0 amide bonds. The molecule has 0 heterocycles. The first-order valence-corrected chi connectivity index (χ1v) is 3.83. The van der Waals surface area contributed by atoms with Gasteiger partial charge in [-0.05, 0) is 37.0 Å². The Morgan fingerprint density at radius 3 is 2.00 bits per heavy atom. The van der Waals surface area contributed by atoms with Gasteiger partial charge in [-0.3, -0.25) is 0 Å². The molecule has 1 atom stereocenters. The molecule has 0 heteroatoms. The molecule has 2 fully saturated rings. The molecular weight excluding hydrogens is 96.1 g/mol. The summed E-state index contributed by atoms with van der Waals surface area (Å²) in [5.74, 6) is 1.08. The minimum absolute atomic E-state index is 0.903. The Labute approximate surface area is 51.3 Å². The zero-order valence-electron chi connectivity index (χ0n) is 5.61. The molecule has 8 heavy (non-hydrogen) atoms. The molecule has 0 nitrogen and oxygen atoms in total. The van der Waals surface area contributed by atoms with Crippen molar-refractivity contribution in [1.82, 2.24) is 0 Å². The minimum atomic E-state index is 0.903. The van der Waals surface area contributed by atoms with Gasteiger partial charge in [0.15, 0.2) is 0 Å². The largest absolute Gasteiger partial charge is 0.0620 e. The highest BCUT2D eigenvalue weighted by Gasteiger charge is 2.47. The van der Waals surface area contributed by atoms with Gasteiger partial charge in [-0.25, -0.2) is 0 Å². The van der Waals surface area contributed by atoms with E-state index in [1.807, 2.05) is 0 Å². The molecule has 0 aromatic heterocycles. The van der Waals surface area contributed by atoms with Crippen LogP contribution < -0.4 is 0 Å². The molecule has 2 aliphatic carbocycles. The van der Waals surface area contributed by atoms with E-state index in [-0.39, 0.29) is 0 Å². The predicted molar refractivity (Wildman–Crippen MR) is 34.7 cm³/mol. The quantitative estimate of drug-likeness (QED) is 0.449. The Balaban J connectivity index is 2.03. The van der Waals surface area contributed by atoms with Crippen molar-refractivity contribution in [3.05, 3.63) is 0 Å². The summed E-state index contributed by atoms with van der Waals surface area (Å²) in [7, 11) is 0. The van der Waals surface area contributed by atoms with Gasteiger partial charge in [0, 0.05) is 0 Å². The Hall–Kier alpha value is 0. The van der Waals surface area contributed by atoms with Crippen molar-refractivity contribution in [2.75, 3.05) is 0 Å². The first kappa shape index (κ1) is 4.84. The zero-order valence-corrected chi connectivity index (χ0v) is 5.61. The molecule has 0 N–H and O–H groups in total. The second-order valence-electron chi connectivity index (χ2n) is 3.66. The molecule has 0 radical (unpaired) electrons. The van der Waals surface area contributed by atoms with Crippen molar-refractivity contribution in [2.45, 2.75) is 39.0 Å². The van der Waals surface area contributed by atoms with Gasteiger partial charge in [-0.2, -0.15) is 0 Å². The van der Waals surface area contributed by atoms with E-state index in [1.54, 1.807) is 19.3 Å². The maximum absolute atomic E-state index is 2.42. The van der Waals surface area contributed by atoms with Crippen molar-refractivity contribution in [3.8, 4) is 0 Å². The summed E-state index contributed by atoms with van der Waals surface area (Å²) in [5.41, 5.74) is 0.903. The molecule has 2 rings (SSSR count). The summed E-state index contributed by atoms with van der Waals surface area (Å²) in [6, 6.07) is 0. The Kier molecular flexibility index (Phi) is 0.778. The number of hydrogen-bond donors (Lipinski definition) is 0. The number of rotatable bonds is 0. The topological polar surface area (TPSA) is 0 Å². The third-order valence-corrected chi connectivity index (χ3v) is 3.47. The highest BCUT2D eigenvalue weighted by atomic mass is 14.5. The van der Waals surface area contributed by atoms with Crippen LogP contribution >= 0.6 is 0 Å². The molecule has 2 saturated carbocycles. The first-order chi connectivity index (χ1) is 3.83. The van der Waals surface area contributed by atoms with E-state index >= 15 is 0 Å². The fourth-order valence-corrected chi connectivity index (χ4v) is 2.21. The maximum atomic E-state index is 2.42. The van der Waals surface area contributed by atoms with E-state index in [1.165, 1.54) is 12.8 Å². The van der Waals surface area contributed by atoms with Crippen LogP contribution in [0.15, 0.2) is 0 Å². The summed E-state index contributed by atoms with van der Waals surface area (Å²) in [6.45, 7) is 2.42. The normalized spacial score (nSPS) is 40.9. The molecule has 1 unspecified atom stereocenters.